The molecule has 2 amide bonds. The molecule has 1 fully saturated rings. The molecule has 0 aromatic heterocycles. The standard InChI is InChI=1S/C33H39N3O2/c1-5-36(6-2)33(38)28-16-14-26(15-17-28)31(27-18-20-34-21-19-27)29-8-7-9-30(22-29)32(37)35-24(4)25-12-10-23(3)11-13-25/h7-17,22,24,34H,5-6,18-21H2,1-4H3,(H,35,37)/t24-/m1/s1. The molecule has 1 heterocycles. The van der Waals surface area contributed by atoms with Crippen LogP contribution in [0.3, 0.4) is 0 Å². The Hall–Kier alpha value is -3.70. The maximum atomic E-state index is 13.2. The van der Waals surface area contributed by atoms with Crippen LogP contribution >= 0.6 is 0 Å². The Morgan fingerprint density at radius 1 is 0.842 bits per heavy atom. The van der Waals surface area contributed by atoms with Crippen molar-refractivity contribution in [1.29, 1.82) is 0 Å². The Morgan fingerprint density at radius 3 is 2.08 bits per heavy atom. The van der Waals surface area contributed by atoms with Crippen LogP contribution in [-0.4, -0.2) is 42.9 Å². The number of hydrogen-bond donors (Lipinski definition) is 2. The molecule has 0 unspecified atom stereocenters. The molecule has 5 nitrogen and oxygen atoms in total. The van der Waals surface area contributed by atoms with Gasteiger partial charge in [0.25, 0.3) is 11.8 Å². The number of piperidine rings is 1. The van der Waals surface area contributed by atoms with Crippen LogP contribution in [-0.2, 0) is 0 Å². The van der Waals surface area contributed by atoms with Crippen LogP contribution < -0.4 is 10.6 Å². The quantitative estimate of drug-likeness (QED) is 0.383. The third kappa shape index (κ3) is 6.40. The summed E-state index contributed by atoms with van der Waals surface area (Å²) in [7, 11) is 0. The Labute approximate surface area is 227 Å². The van der Waals surface area contributed by atoms with E-state index in [2.05, 4.69) is 47.9 Å². The van der Waals surface area contributed by atoms with Crippen molar-refractivity contribution in [3.05, 3.63) is 112 Å². The summed E-state index contributed by atoms with van der Waals surface area (Å²) in [5, 5.41) is 6.60. The van der Waals surface area contributed by atoms with Crippen LogP contribution in [0.2, 0.25) is 0 Å². The van der Waals surface area contributed by atoms with Gasteiger partial charge < -0.3 is 15.5 Å². The van der Waals surface area contributed by atoms with Crippen LogP contribution in [0.15, 0.2) is 78.4 Å². The Bertz CT molecular complexity index is 1280. The van der Waals surface area contributed by atoms with Gasteiger partial charge in [0.1, 0.15) is 0 Å². The van der Waals surface area contributed by atoms with Gasteiger partial charge in [-0.15, -0.1) is 0 Å². The van der Waals surface area contributed by atoms with E-state index in [9.17, 15) is 9.59 Å². The minimum atomic E-state index is -0.0927. The summed E-state index contributed by atoms with van der Waals surface area (Å²) in [4.78, 5) is 27.9. The summed E-state index contributed by atoms with van der Waals surface area (Å²) < 4.78 is 0. The number of benzene rings is 3. The lowest BCUT2D eigenvalue weighted by Crippen LogP contribution is -2.30. The Balaban J connectivity index is 1.63. The number of hydrogen-bond acceptors (Lipinski definition) is 3. The molecule has 1 aliphatic rings. The summed E-state index contributed by atoms with van der Waals surface area (Å²) >= 11 is 0. The highest BCUT2D eigenvalue weighted by atomic mass is 16.2. The molecule has 38 heavy (non-hydrogen) atoms. The normalized spacial score (nSPS) is 14.1. The minimum absolute atomic E-state index is 0.0546. The fourth-order valence-electron chi connectivity index (χ4n) is 5.06. The molecule has 0 aliphatic carbocycles. The van der Waals surface area contributed by atoms with Crippen LogP contribution in [0.5, 0.6) is 0 Å². The van der Waals surface area contributed by atoms with Gasteiger partial charge in [-0.05, 0) is 100 Å². The molecule has 198 valence electrons. The predicted octanol–water partition coefficient (Wildman–Crippen LogP) is 6.15. The highest BCUT2D eigenvalue weighted by Gasteiger charge is 2.19. The first-order valence-corrected chi connectivity index (χ1v) is 13.7. The van der Waals surface area contributed by atoms with Crippen LogP contribution in [0.25, 0.3) is 5.57 Å². The SMILES string of the molecule is CCN(CC)C(=O)c1ccc(C(=C2CCNCC2)c2cccc(C(=O)N[C@H](C)c3ccc(C)cc3)c2)cc1. The van der Waals surface area contributed by atoms with Crippen molar-refractivity contribution in [1.82, 2.24) is 15.5 Å². The van der Waals surface area contributed by atoms with E-state index < -0.39 is 0 Å². The Morgan fingerprint density at radius 2 is 1.45 bits per heavy atom. The number of rotatable bonds is 8. The summed E-state index contributed by atoms with van der Waals surface area (Å²) in [5.41, 5.74) is 8.25. The maximum Gasteiger partial charge on any atom is 0.253 e. The first-order valence-electron chi connectivity index (χ1n) is 13.7. The zero-order valence-electron chi connectivity index (χ0n) is 23.0. The van der Waals surface area contributed by atoms with Gasteiger partial charge in [0, 0.05) is 24.2 Å². The largest absolute Gasteiger partial charge is 0.346 e. The topological polar surface area (TPSA) is 61.4 Å². The number of nitrogens with one attached hydrogen (secondary N) is 2. The smallest absolute Gasteiger partial charge is 0.253 e. The molecule has 0 spiro atoms. The van der Waals surface area contributed by atoms with E-state index >= 15 is 0 Å². The fourth-order valence-corrected chi connectivity index (χ4v) is 5.06. The summed E-state index contributed by atoms with van der Waals surface area (Å²) in [5.74, 6) is -0.0336. The third-order valence-electron chi connectivity index (χ3n) is 7.37. The maximum absolute atomic E-state index is 13.2. The number of amides is 2. The molecular formula is C33H39N3O2. The lowest BCUT2D eigenvalue weighted by molar-refractivity contribution is 0.0772. The highest BCUT2D eigenvalue weighted by molar-refractivity contribution is 5.97. The van der Waals surface area contributed by atoms with Crippen molar-refractivity contribution in [3.8, 4) is 0 Å². The summed E-state index contributed by atoms with van der Waals surface area (Å²) in [6.45, 7) is 11.3. The summed E-state index contributed by atoms with van der Waals surface area (Å²) in [6.07, 6.45) is 1.91. The van der Waals surface area contributed by atoms with Crippen molar-refractivity contribution >= 4 is 17.4 Å². The second kappa shape index (κ2) is 12.7. The van der Waals surface area contributed by atoms with Gasteiger partial charge in [-0.25, -0.2) is 0 Å². The average molecular weight is 510 g/mol. The van der Waals surface area contributed by atoms with Crippen LogP contribution in [0.4, 0.5) is 0 Å². The highest BCUT2D eigenvalue weighted by Crippen LogP contribution is 2.32. The van der Waals surface area contributed by atoms with E-state index in [0.717, 1.165) is 48.2 Å². The molecule has 0 saturated carbocycles. The van der Waals surface area contributed by atoms with Crippen molar-refractivity contribution in [2.75, 3.05) is 26.2 Å². The molecule has 1 atom stereocenters. The first-order chi connectivity index (χ1) is 18.4. The fraction of sp³-hybridized carbons (Fsp3) is 0.333. The Kier molecular flexibility index (Phi) is 9.14. The molecule has 1 aliphatic heterocycles. The third-order valence-corrected chi connectivity index (χ3v) is 7.37. The second-order valence-corrected chi connectivity index (χ2v) is 9.97. The van der Waals surface area contributed by atoms with E-state index in [0.29, 0.717) is 24.2 Å². The molecular weight excluding hydrogens is 470 g/mol. The van der Waals surface area contributed by atoms with Crippen LogP contribution in [0, 0.1) is 6.92 Å². The second-order valence-electron chi connectivity index (χ2n) is 9.97. The van der Waals surface area contributed by atoms with Gasteiger partial charge in [0.15, 0.2) is 0 Å². The molecule has 0 radical (unpaired) electrons. The monoisotopic (exact) mass is 509 g/mol. The molecule has 2 N–H and O–H groups in total. The molecule has 0 bridgehead atoms. The van der Waals surface area contributed by atoms with Gasteiger partial charge in [-0.2, -0.15) is 0 Å². The van der Waals surface area contributed by atoms with Gasteiger partial charge in [-0.3, -0.25) is 9.59 Å². The van der Waals surface area contributed by atoms with E-state index in [1.54, 1.807) is 0 Å². The number of carbonyl (C=O) groups excluding carboxylic acids is 2. The average Bonchev–Trinajstić information content (AvgIpc) is 2.95. The lowest BCUT2D eigenvalue weighted by atomic mass is 9.87. The molecule has 5 heteroatoms. The molecule has 4 rings (SSSR count). The van der Waals surface area contributed by atoms with E-state index in [-0.39, 0.29) is 17.9 Å². The van der Waals surface area contributed by atoms with Crippen molar-refractivity contribution < 1.29 is 9.59 Å². The van der Waals surface area contributed by atoms with Crippen LogP contribution in [0.1, 0.15) is 82.6 Å². The van der Waals surface area contributed by atoms with E-state index in [1.807, 2.05) is 68.1 Å². The number of nitrogens with zero attached hydrogens (tertiary/aromatic N) is 1. The lowest BCUT2D eigenvalue weighted by Gasteiger charge is -2.22. The first kappa shape index (κ1) is 27.3. The minimum Gasteiger partial charge on any atom is -0.346 e. The van der Waals surface area contributed by atoms with Crippen molar-refractivity contribution in [2.24, 2.45) is 0 Å². The number of carbonyl (C=O) groups is 2. The molecule has 3 aromatic rings. The predicted molar refractivity (Wildman–Crippen MR) is 155 cm³/mol. The van der Waals surface area contributed by atoms with E-state index in [4.69, 9.17) is 0 Å². The van der Waals surface area contributed by atoms with E-state index in [1.165, 1.54) is 11.1 Å². The van der Waals surface area contributed by atoms with Gasteiger partial charge in [-0.1, -0.05) is 59.7 Å². The van der Waals surface area contributed by atoms with Gasteiger partial charge in [0.05, 0.1) is 6.04 Å². The van der Waals surface area contributed by atoms with Crippen molar-refractivity contribution in [3.63, 3.8) is 0 Å². The number of aryl methyl sites for hydroxylation is 1. The van der Waals surface area contributed by atoms with Gasteiger partial charge in [0.2, 0.25) is 0 Å². The zero-order chi connectivity index (χ0) is 27.1. The molecule has 3 aromatic carbocycles. The van der Waals surface area contributed by atoms with Gasteiger partial charge >= 0.3 is 0 Å². The van der Waals surface area contributed by atoms with Crippen molar-refractivity contribution in [2.45, 2.75) is 46.6 Å². The zero-order valence-corrected chi connectivity index (χ0v) is 23.0. The summed E-state index contributed by atoms with van der Waals surface area (Å²) in [6, 6.07) is 24.0. The molecule has 1 saturated heterocycles.